The fourth-order valence-electron chi connectivity index (χ4n) is 8.07. The van der Waals surface area contributed by atoms with Crippen molar-refractivity contribution in [3.05, 3.63) is 48.6 Å². The normalized spacial score (nSPS) is 14.3. The van der Waals surface area contributed by atoms with Crippen molar-refractivity contribution >= 4 is 13.7 Å². The quantitative estimate of drug-likeness (QED) is 0.0243. The number of aliphatic hydroxyl groups excluding tert-OH is 1. The van der Waals surface area contributed by atoms with Crippen LogP contribution in [0.25, 0.3) is 0 Å². The lowest BCUT2D eigenvalue weighted by Crippen LogP contribution is -2.45. The number of hydrogen-bond donors (Lipinski definition) is 3. The number of hydrogen-bond acceptors (Lipinski definition) is 5. The molecule has 0 aliphatic rings. The van der Waals surface area contributed by atoms with E-state index in [1.807, 2.05) is 27.2 Å². The van der Waals surface area contributed by atoms with E-state index in [0.29, 0.717) is 17.4 Å². The summed E-state index contributed by atoms with van der Waals surface area (Å²) in [7, 11) is 1.55. The van der Waals surface area contributed by atoms with E-state index in [4.69, 9.17) is 9.05 Å². The predicted octanol–water partition coefficient (Wildman–Crippen LogP) is 16.8. The number of amides is 1. The molecule has 0 aliphatic heterocycles. The summed E-state index contributed by atoms with van der Waals surface area (Å²) in [6.07, 6.45) is 63.5. The van der Waals surface area contributed by atoms with Crippen molar-refractivity contribution in [2.45, 2.75) is 270 Å². The van der Waals surface area contributed by atoms with E-state index in [-0.39, 0.29) is 19.1 Å². The highest BCUT2D eigenvalue weighted by Crippen LogP contribution is 2.43. The second-order valence-electron chi connectivity index (χ2n) is 20.3. The van der Waals surface area contributed by atoms with E-state index in [9.17, 15) is 19.4 Å². The van der Waals surface area contributed by atoms with Crippen LogP contribution in [0.3, 0.4) is 0 Å². The number of carbonyl (C=O) groups excluding carboxylic acids is 1. The van der Waals surface area contributed by atoms with Gasteiger partial charge in [-0.05, 0) is 70.6 Å². The molecule has 9 heteroatoms. The van der Waals surface area contributed by atoms with Crippen LogP contribution in [0.2, 0.25) is 0 Å². The monoisotopic (exact) mass is 950 g/mol. The molecule has 1 amide bonds. The highest BCUT2D eigenvalue weighted by Gasteiger charge is 2.27. The van der Waals surface area contributed by atoms with Gasteiger partial charge in [0.15, 0.2) is 0 Å². The van der Waals surface area contributed by atoms with Crippen molar-refractivity contribution < 1.29 is 32.9 Å². The van der Waals surface area contributed by atoms with Gasteiger partial charge in [-0.2, -0.15) is 0 Å². The first-order valence-corrected chi connectivity index (χ1v) is 29.5. The van der Waals surface area contributed by atoms with Gasteiger partial charge in [-0.15, -0.1) is 0 Å². The predicted molar refractivity (Wildman–Crippen MR) is 286 cm³/mol. The minimum Gasteiger partial charge on any atom is -0.387 e. The van der Waals surface area contributed by atoms with Crippen molar-refractivity contribution in [1.29, 1.82) is 0 Å². The highest BCUT2D eigenvalue weighted by molar-refractivity contribution is 7.47. The van der Waals surface area contributed by atoms with Crippen molar-refractivity contribution in [1.82, 2.24) is 5.32 Å². The Kier molecular flexibility index (Phi) is 47.4. The summed E-state index contributed by atoms with van der Waals surface area (Å²) in [6, 6.07) is -0.872. The number of allylic oxidation sites excluding steroid dienone is 7. The van der Waals surface area contributed by atoms with Gasteiger partial charge < -0.3 is 19.8 Å². The Balaban J connectivity index is 4.32. The molecule has 0 heterocycles. The van der Waals surface area contributed by atoms with Crippen LogP contribution in [0, 0.1) is 0 Å². The lowest BCUT2D eigenvalue weighted by Gasteiger charge is -2.25. The smallest absolute Gasteiger partial charge is 0.387 e. The molecule has 0 saturated carbocycles. The number of aliphatic hydroxyl groups is 1. The van der Waals surface area contributed by atoms with E-state index in [0.717, 1.165) is 44.9 Å². The first-order valence-electron chi connectivity index (χ1n) is 28.0. The van der Waals surface area contributed by atoms with Crippen molar-refractivity contribution in [3.8, 4) is 0 Å². The molecule has 0 fully saturated rings. The Morgan fingerprint density at radius 1 is 0.500 bits per heavy atom. The molecule has 0 bridgehead atoms. The van der Waals surface area contributed by atoms with Gasteiger partial charge in [0.2, 0.25) is 5.91 Å². The number of likely N-dealkylation sites (N-methyl/N-ethyl adjacent to an activating group) is 1. The SMILES string of the molecule is CCCCCCCCCC/C=C\CCCCCCCCCCCC(=O)NC(COP(=O)(O)OCC[N+](C)(C)C)C(O)/C=C/CC/C=C/CC/C=C/CCCCCCCCCCCCCCC. The first kappa shape index (κ1) is 64.5. The van der Waals surface area contributed by atoms with Crippen molar-refractivity contribution in [3.63, 3.8) is 0 Å². The van der Waals surface area contributed by atoms with Crippen LogP contribution in [0.15, 0.2) is 48.6 Å². The third kappa shape index (κ3) is 50.3. The number of carbonyl (C=O) groups is 1. The lowest BCUT2D eigenvalue weighted by atomic mass is 10.0. The van der Waals surface area contributed by atoms with Crippen LogP contribution in [-0.4, -0.2) is 73.4 Å². The fraction of sp³-hybridized carbons (Fsp3) is 0.842. The number of rotatable bonds is 51. The summed E-state index contributed by atoms with van der Waals surface area (Å²) in [4.78, 5) is 23.3. The first-order chi connectivity index (χ1) is 32.0. The molecule has 3 atom stereocenters. The minimum absolute atomic E-state index is 0.0527. The molecule has 66 heavy (non-hydrogen) atoms. The van der Waals surface area contributed by atoms with Crippen LogP contribution in [0.4, 0.5) is 0 Å². The van der Waals surface area contributed by atoms with Gasteiger partial charge in [-0.25, -0.2) is 4.57 Å². The lowest BCUT2D eigenvalue weighted by molar-refractivity contribution is -0.870. The summed E-state index contributed by atoms with van der Waals surface area (Å²) >= 11 is 0. The zero-order chi connectivity index (χ0) is 48.5. The molecule has 0 aromatic heterocycles. The van der Waals surface area contributed by atoms with Crippen LogP contribution >= 0.6 is 7.82 Å². The number of unbranched alkanes of at least 4 members (excludes halogenated alkanes) is 32. The van der Waals surface area contributed by atoms with E-state index in [1.54, 1.807) is 6.08 Å². The molecule has 0 rings (SSSR count). The van der Waals surface area contributed by atoms with Crippen LogP contribution in [0.5, 0.6) is 0 Å². The number of quaternary nitrogens is 1. The van der Waals surface area contributed by atoms with Gasteiger partial charge in [0.05, 0.1) is 39.9 Å². The molecule has 3 unspecified atom stereocenters. The van der Waals surface area contributed by atoms with E-state index >= 15 is 0 Å². The zero-order valence-electron chi connectivity index (χ0n) is 44.2. The summed E-state index contributed by atoms with van der Waals surface area (Å²) in [5.74, 6) is -0.192. The molecular weight excluding hydrogens is 840 g/mol. The largest absolute Gasteiger partial charge is 0.472 e. The maximum absolute atomic E-state index is 13.0. The molecule has 0 aromatic rings. The summed E-state index contributed by atoms with van der Waals surface area (Å²) < 4.78 is 23.7. The van der Waals surface area contributed by atoms with Crippen LogP contribution in [0.1, 0.15) is 258 Å². The molecule has 0 aliphatic carbocycles. The van der Waals surface area contributed by atoms with Gasteiger partial charge in [0.1, 0.15) is 13.2 Å². The Hall–Kier alpha value is -1.54. The molecule has 0 radical (unpaired) electrons. The van der Waals surface area contributed by atoms with Crippen molar-refractivity contribution in [2.75, 3.05) is 40.9 Å². The molecule has 8 nitrogen and oxygen atoms in total. The standard InChI is InChI=1S/C57H109N2O6P/c1-6-8-10-12-14-16-18-20-22-24-26-28-29-31-32-34-36-38-40-42-44-46-48-50-56(60)55(54-65-66(62,63)64-53-52-59(3,4)5)58-57(61)51-49-47-45-43-41-39-37-35-33-30-27-25-23-21-19-17-15-13-11-9-7-2/h25,27,32,34,40,42,48,50,55-56,60H,6-24,26,28-31,33,35-39,41,43-47,49,51-54H2,1-5H3,(H-,58,61,62,63)/p+1/b27-25-,34-32+,42-40+,50-48+. The Bertz CT molecular complexity index is 1210. The third-order valence-corrected chi connectivity index (χ3v) is 13.5. The molecule has 388 valence electrons. The van der Waals surface area contributed by atoms with Crippen LogP contribution < -0.4 is 5.32 Å². The Labute approximate surface area is 409 Å². The second-order valence-corrected chi connectivity index (χ2v) is 21.7. The van der Waals surface area contributed by atoms with Gasteiger partial charge >= 0.3 is 7.82 Å². The third-order valence-electron chi connectivity index (χ3n) is 12.5. The number of nitrogens with zero attached hydrogens (tertiary/aromatic N) is 1. The van der Waals surface area contributed by atoms with Crippen molar-refractivity contribution in [2.24, 2.45) is 0 Å². The highest BCUT2D eigenvalue weighted by atomic mass is 31.2. The van der Waals surface area contributed by atoms with Gasteiger partial charge in [-0.3, -0.25) is 13.8 Å². The van der Waals surface area contributed by atoms with Gasteiger partial charge in [0.25, 0.3) is 0 Å². The molecular formula is C57H110N2O6P+. The number of phosphoric ester groups is 1. The average Bonchev–Trinajstić information content (AvgIpc) is 3.28. The molecule has 0 spiro atoms. The van der Waals surface area contributed by atoms with E-state index in [1.165, 1.54) is 193 Å². The Morgan fingerprint density at radius 3 is 1.21 bits per heavy atom. The second kappa shape index (κ2) is 48.5. The summed E-state index contributed by atoms with van der Waals surface area (Å²) in [6.45, 7) is 4.81. The fourth-order valence-corrected chi connectivity index (χ4v) is 8.81. The topological polar surface area (TPSA) is 105 Å². The number of phosphoric acid groups is 1. The maximum Gasteiger partial charge on any atom is 0.472 e. The average molecular weight is 950 g/mol. The summed E-state index contributed by atoms with van der Waals surface area (Å²) in [5, 5.41) is 13.9. The van der Waals surface area contributed by atoms with Crippen LogP contribution in [-0.2, 0) is 18.4 Å². The summed E-state index contributed by atoms with van der Waals surface area (Å²) in [5.41, 5.74) is 0. The van der Waals surface area contributed by atoms with E-state index < -0.39 is 20.0 Å². The molecule has 0 aromatic carbocycles. The van der Waals surface area contributed by atoms with Gasteiger partial charge in [0, 0.05) is 6.42 Å². The molecule has 3 N–H and O–H groups in total. The number of nitrogens with one attached hydrogen (secondary N) is 1. The zero-order valence-corrected chi connectivity index (χ0v) is 45.1. The maximum atomic E-state index is 13.0. The molecule has 0 saturated heterocycles. The Morgan fingerprint density at radius 2 is 0.833 bits per heavy atom. The van der Waals surface area contributed by atoms with Gasteiger partial charge in [-0.1, -0.05) is 229 Å². The van der Waals surface area contributed by atoms with E-state index in [2.05, 4.69) is 55.6 Å². The minimum atomic E-state index is -4.36.